The molecule has 178 valence electrons. The monoisotopic (exact) mass is 497 g/mol. The van der Waals surface area contributed by atoms with Gasteiger partial charge in [0.05, 0.1) is 29.2 Å². The van der Waals surface area contributed by atoms with Crippen molar-refractivity contribution in [2.45, 2.75) is 12.4 Å². The van der Waals surface area contributed by atoms with Crippen molar-refractivity contribution in [3.63, 3.8) is 0 Å². The highest BCUT2D eigenvalue weighted by Crippen LogP contribution is 2.37. The number of nitrogens with one attached hydrogen (secondary N) is 1. The Hall–Kier alpha value is -3.48. The first-order valence-electron chi connectivity index (χ1n) is 8.61. The molecule has 33 heavy (non-hydrogen) atoms. The zero-order valence-electron chi connectivity index (χ0n) is 16.3. The molecule has 0 spiro atoms. The molecule has 0 fully saturated rings. The highest BCUT2D eigenvalue weighted by molar-refractivity contribution is 6.31. The highest BCUT2D eigenvalue weighted by Gasteiger charge is 2.37. The fourth-order valence-corrected chi connectivity index (χ4v) is 2.60. The van der Waals surface area contributed by atoms with Gasteiger partial charge in [-0.15, -0.1) is 0 Å². The van der Waals surface area contributed by atoms with Gasteiger partial charge >= 0.3 is 18.4 Å². The summed E-state index contributed by atoms with van der Waals surface area (Å²) in [6, 6.07) is 3.60. The van der Waals surface area contributed by atoms with E-state index in [2.05, 4.69) is 0 Å². The Kier molecular flexibility index (Phi) is 7.47. The molecular formula is C19H12ClF6N2O5-. The van der Waals surface area contributed by atoms with Gasteiger partial charge in [-0.1, -0.05) is 11.6 Å². The number of anilines is 1. The summed E-state index contributed by atoms with van der Waals surface area (Å²) in [6.45, 7) is -0.863. The Bertz CT molecular complexity index is 1060. The molecule has 0 aromatic heterocycles. The van der Waals surface area contributed by atoms with E-state index in [1.54, 1.807) is 0 Å². The third-order valence-corrected chi connectivity index (χ3v) is 4.14. The van der Waals surface area contributed by atoms with Crippen molar-refractivity contribution in [1.29, 1.82) is 0 Å². The third kappa shape index (κ3) is 7.00. The van der Waals surface area contributed by atoms with Crippen molar-refractivity contribution in [2.24, 2.45) is 0 Å². The summed E-state index contributed by atoms with van der Waals surface area (Å²) in [5, 5.41) is 12.4. The highest BCUT2D eigenvalue weighted by atomic mass is 35.5. The molecule has 7 nitrogen and oxygen atoms in total. The van der Waals surface area contributed by atoms with Crippen LogP contribution in [0.3, 0.4) is 0 Å². The summed E-state index contributed by atoms with van der Waals surface area (Å²) < 4.78 is 83.0. The zero-order chi connectivity index (χ0) is 25.1. The molecule has 2 amide bonds. The van der Waals surface area contributed by atoms with Crippen molar-refractivity contribution in [1.82, 2.24) is 4.90 Å². The molecule has 0 aliphatic heterocycles. The molecule has 0 radical (unpaired) electrons. The molecule has 1 N–H and O–H groups in total. The van der Waals surface area contributed by atoms with Crippen molar-refractivity contribution >= 4 is 35.3 Å². The average molecular weight is 498 g/mol. The maximum absolute atomic E-state index is 13.0. The van der Waals surface area contributed by atoms with Crippen LogP contribution in [0.5, 0.6) is 5.75 Å². The number of carbonyl (C=O) groups is 3. The van der Waals surface area contributed by atoms with Crippen LogP contribution in [0.2, 0.25) is 5.02 Å². The van der Waals surface area contributed by atoms with Crippen LogP contribution in [0.25, 0.3) is 0 Å². The van der Waals surface area contributed by atoms with Crippen LogP contribution >= 0.6 is 11.6 Å². The molecule has 0 heterocycles. The zero-order valence-corrected chi connectivity index (χ0v) is 17.1. The number of alkyl halides is 6. The topological polar surface area (TPSA) is 98.8 Å². The first-order chi connectivity index (χ1) is 15.1. The summed E-state index contributed by atoms with van der Waals surface area (Å²) in [4.78, 5) is 35.7. The number of halogens is 7. The van der Waals surface area contributed by atoms with Gasteiger partial charge in [0.15, 0.2) is 0 Å². The van der Waals surface area contributed by atoms with Gasteiger partial charge in [-0.2, -0.15) is 26.3 Å². The van der Waals surface area contributed by atoms with E-state index in [0.29, 0.717) is 4.90 Å². The van der Waals surface area contributed by atoms with Crippen molar-refractivity contribution < 1.29 is 50.6 Å². The molecular weight excluding hydrogens is 486 g/mol. The number of ether oxygens (including phenoxy) is 1. The molecule has 0 atom stereocenters. The van der Waals surface area contributed by atoms with E-state index < -0.39 is 65.0 Å². The Morgan fingerprint density at radius 3 is 2.03 bits per heavy atom. The number of aliphatic carboxylic acids is 1. The van der Waals surface area contributed by atoms with Gasteiger partial charge in [-0.05, 0) is 36.4 Å². The SMILES string of the molecule is CN(CC(=O)[O-])C(=O)Oc1ccc(Cl)cc1C(=O)Nc1cc(C(F)(F)F)cc(C(F)(F)F)c1. The van der Waals surface area contributed by atoms with Gasteiger partial charge in [-0.3, -0.25) is 4.79 Å². The first-order valence-corrected chi connectivity index (χ1v) is 8.99. The van der Waals surface area contributed by atoms with Gasteiger partial charge < -0.3 is 24.9 Å². The van der Waals surface area contributed by atoms with Gasteiger partial charge in [0.25, 0.3) is 5.91 Å². The van der Waals surface area contributed by atoms with E-state index in [1.807, 2.05) is 5.32 Å². The number of amides is 2. The minimum Gasteiger partial charge on any atom is -0.548 e. The first kappa shape index (κ1) is 25.8. The lowest BCUT2D eigenvalue weighted by atomic mass is 10.1. The fraction of sp³-hybridized carbons (Fsp3) is 0.211. The summed E-state index contributed by atoms with van der Waals surface area (Å²) in [5.41, 5.74) is -4.68. The maximum atomic E-state index is 13.0. The normalized spacial score (nSPS) is 11.6. The minimum absolute atomic E-state index is 0.0805. The lowest BCUT2D eigenvalue weighted by Crippen LogP contribution is -2.40. The smallest absolute Gasteiger partial charge is 0.416 e. The quantitative estimate of drug-likeness (QED) is 0.633. The number of benzene rings is 2. The molecule has 0 aliphatic rings. The lowest BCUT2D eigenvalue weighted by Gasteiger charge is -2.18. The summed E-state index contributed by atoms with van der Waals surface area (Å²) >= 11 is 5.79. The predicted octanol–water partition coefficient (Wildman–Crippen LogP) is 3.81. The van der Waals surface area contributed by atoms with E-state index in [1.165, 1.54) is 6.07 Å². The van der Waals surface area contributed by atoms with Gasteiger partial charge in [0, 0.05) is 17.8 Å². The molecule has 2 aromatic rings. The van der Waals surface area contributed by atoms with Crippen LogP contribution < -0.4 is 15.2 Å². The summed E-state index contributed by atoms with van der Waals surface area (Å²) in [5.74, 6) is -3.36. The standard InChI is InChI=1S/C19H13ClF6N2O5/c1-28(8-15(29)30)17(32)33-14-3-2-11(20)7-13(14)16(31)27-12-5-9(18(21,22)23)4-10(6-12)19(24,25)26/h2-7H,8H2,1H3,(H,27,31)(H,29,30)/p-1. The van der Waals surface area contributed by atoms with Crippen LogP contribution in [0, 0.1) is 0 Å². The number of hydrogen-bond acceptors (Lipinski definition) is 5. The van der Waals surface area contributed by atoms with E-state index in [4.69, 9.17) is 16.3 Å². The molecule has 0 aliphatic carbocycles. The minimum atomic E-state index is -5.14. The van der Waals surface area contributed by atoms with E-state index >= 15 is 0 Å². The van der Waals surface area contributed by atoms with Crippen molar-refractivity contribution in [3.05, 3.63) is 58.1 Å². The van der Waals surface area contributed by atoms with Crippen molar-refractivity contribution in [2.75, 3.05) is 18.9 Å². The van der Waals surface area contributed by atoms with E-state index in [0.717, 1.165) is 19.2 Å². The van der Waals surface area contributed by atoms with Crippen LogP contribution in [0.1, 0.15) is 21.5 Å². The third-order valence-electron chi connectivity index (χ3n) is 3.91. The van der Waals surface area contributed by atoms with Gasteiger partial charge in [0.2, 0.25) is 0 Å². The Morgan fingerprint density at radius 2 is 1.55 bits per heavy atom. The van der Waals surface area contributed by atoms with Gasteiger partial charge in [-0.25, -0.2) is 4.79 Å². The van der Waals surface area contributed by atoms with Crippen molar-refractivity contribution in [3.8, 4) is 5.75 Å². The Labute approximate surface area is 186 Å². The van der Waals surface area contributed by atoms with Crippen LogP contribution in [-0.4, -0.2) is 36.5 Å². The average Bonchev–Trinajstić information content (AvgIpc) is 2.67. The number of carboxylic acids is 1. The number of carboxylic acid groups (broad SMARTS) is 1. The number of likely N-dealkylation sites (N-methyl/N-ethyl adjacent to an activating group) is 1. The second-order valence-corrected chi connectivity index (χ2v) is 6.92. The second kappa shape index (κ2) is 9.57. The Balaban J connectivity index is 2.40. The van der Waals surface area contributed by atoms with Gasteiger partial charge in [0.1, 0.15) is 5.75 Å². The number of carbonyl (C=O) groups excluding carboxylic acids is 3. The molecule has 0 saturated heterocycles. The summed E-state index contributed by atoms with van der Waals surface area (Å²) in [6.07, 6.45) is -11.5. The van der Waals surface area contributed by atoms with Crippen LogP contribution in [0.15, 0.2) is 36.4 Å². The van der Waals surface area contributed by atoms with Crippen LogP contribution in [-0.2, 0) is 17.1 Å². The molecule has 2 rings (SSSR count). The fourth-order valence-electron chi connectivity index (χ4n) is 2.42. The van der Waals surface area contributed by atoms with Crippen LogP contribution in [0.4, 0.5) is 36.8 Å². The molecule has 14 heteroatoms. The number of hydrogen-bond donors (Lipinski definition) is 1. The second-order valence-electron chi connectivity index (χ2n) is 6.49. The van der Waals surface area contributed by atoms with E-state index in [-0.39, 0.29) is 23.2 Å². The number of rotatable bonds is 5. The number of nitrogens with zero attached hydrogens (tertiary/aromatic N) is 1. The predicted molar refractivity (Wildman–Crippen MR) is 99.5 cm³/mol. The van der Waals surface area contributed by atoms with E-state index in [9.17, 15) is 45.8 Å². The maximum Gasteiger partial charge on any atom is 0.416 e. The molecule has 0 bridgehead atoms. The largest absolute Gasteiger partial charge is 0.548 e. The lowest BCUT2D eigenvalue weighted by molar-refractivity contribution is -0.305. The summed E-state index contributed by atoms with van der Waals surface area (Å²) in [7, 11) is 1.04. The molecule has 0 unspecified atom stereocenters. The molecule has 0 saturated carbocycles. The molecule has 2 aromatic carbocycles. The Morgan fingerprint density at radius 1 is 1.00 bits per heavy atom.